The van der Waals surface area contributed by atoms with E-state index in [2.05, 4.69) is 26.6 Å². The molecule has 7 heteroatoms. The summed E-state index contributed by atoms with van der Waals surface area (Å²) in [5.74, 6) is 0.0911. The SMILES string of the molecule is COCC1(CNC(=O)Cc2ccc(Br)s2)CCNCC1.Cl. The smallest absolute Gasteiger partial charge is 0.225 e. The molecule has 0 unspecified atom stereocenters. The molecule has 0 aromatic carbocycles. The lowest BCUT2D eigenvalue weighted by atomic mass is 9.79. The summed E-state index contributed by atoms with van der Waals surface area (Å²) in [5.41, 5.74) is 0.0890. The van der Waals surface area contributed by atoms with Crippen LogP contribution in [0.1, 0.15) is 17.7 Å². The van der Waals surface area contributed by atoms with Gasteiger partial charge in [-0.1, -0.05) is 0 Å². The lowest BCUT2D eigenvalue weighted by Gasteiger charge is -2.37. The molecule has 0 spiro atoms. The number of halogens is 2. The van der Waals surface area contributed by atoms with E-state index in [0.29, 0.717) is 19.6 Å². The van der Waals surface area contributed by atoms with Crippen molar-refractivity contribution in [2.75, 3.05) is 33.4 Å². The topological polar surface area (TPSA) is 50.4 Å². The van der Waals surface area contributed by atoms with Crippen molar-refractivity contribution in [2.45, 2.75) is 19.3 Å². The van der Waals surface area contributed by atoms with Crippen LogP contribution in [0.4, 0.5) is 0 Å². The van der Waals surface area contributed by atoms with Gasteiger partial charge in [0.25, 0.3) is 0 Å². The summed E-state index contributed by atoms with van der Waals surface area (Å²) < 4.78 is 6.42. The van der Waals surface area contributed by atoms with Crippen molar-refractivity contribution in [1.82, 2.24) is 10.6 Å². The van der Waals surface area contributed by atoms with Crippen molar-refractivity contribution in [1.29, 1.82) is 0 Å². The summed E-state index contributed by atoms with van der Waals surface area (Å²) in [4.78, 5) is 13.1. The number of ether oxygens (including phenoxy) is 1. The van der Waals surface area contributed by atoms with Crippen molar-refractivity contribution in [3.05, 3.63) is 20.8 Å². The first-order chi connectivity index (χ1) is 9.63. The molecule has 21 heavy (non-hydrogen) atoms. The first-order valence-corrected chi connectivity index (χ1v) is 8.45. The Morgan fingerprint density at radius 3 is 2.76 bits per heavy atom. The quantitative estimate of drug-likeness (QED) is 0.776. The zero-order valence-electron chi connectivity index (χ0n) is 12.1. The van der Waals surface area contributed by atoms with Gasteiger partial charge in [0, 0.05) is 23.9 Å². The van der Waals surface area contributed by atoms with E-state index in [1.807, 2.05) is 12.1 Å². The number of hydrogen-bond donors (Lipinski definition) is 2. The van der Waals surface area contributed by atoms with Gasteiger partial charge in [0.05, 0.1) is 16.8 Å². The second kappa shape index (κ2) is 9.10. The minimum atomic E-state index is 0. The number of rotatable bonds is 6. The molecule has 0 aliphatic carbocycles. The van der Waals surface area contributed by atoms with E-state index in [1.165, 1.54) is 0 Å². The van der Waals surface area contributed by atoms with Crippen LogP contribution in [0.2, 0.25) is 0 Å². The Morgan fingerprint density at radius 1 is 1.48 bits per heavy atom. The molecular weight excluding hydrogens is 376 g/mol. The second-order valence-electron chi connectivity index (χ2n) is 5.34. The molecule has 4 nitrogen and oxygen atoms in total. The number of carbonyl (C=O) groups is 1. The molecule has 1 fully saturated rings. The molecule has 1 aliphatic rings. The van der Waals surface area contributed by atoms with Gasteiger partial charge in [-0.2, -0.15) is 0 Å². The van der Waals surface area contributed by atoms with Crippen LogP contribution < -0.4 is 10.6 Å². The molecule has 0 bridgehead atoms. The van der Waals surface area contributed by atoms with Crippen molar-refractivity contribution in [3.8, 4) is 0 Å². The molecule has 1 aliphatic heterocycles. The Labute approximate surface area is 144 Å². The Bertz CT molecular complexity index is 444. The molecule has 0 atom stereocenters. The summed E-state index contributed by atoms with van der Waals surface area (Å²) in [7, 11) is 1.73. The fourth-order valence-electron chi connectivity index (χ4n) is 2.59. The Morgan fingerprint density at radius 2 is 2.19 bits per heavy atom. The number of nitrogens with one attached hydrogen (secondary N) is 2. The van der Waals surface area contributed by atoms with Gasteiger partial charge < -0.3 is 15.4 Å². The van der Waals surface area contributed by atoms with Gasteiger partial charge in [-0.15, -0.1) is 23.7 Å². The van der Waals surface area contributed by atoms with Crippen LogP contribution in [0, 0.1) is 5.41 Å². The molecule has 1 amide bonds. The molecule has 1 aromatic rings. The molecule has 2 rings (SSSR count). The van der Waals surface area contributed by atoms with Crippen molar-refractivity contribution in [3.63, 3.8) is 0 Å². The van der Waals surface area contributed by atoms with Gasteiger partial charge in [-0.25, -0.2) is 0 Å². The highest BCUT2D eigenvalue weighted by molar-refractivity contribution is 9.11. The van der Waals surface area contributed by atoms with Crippen LogP contribution in [0.25, 0.3) is 0 Å². The largest absolute Gasteiger partial charge is 0.384 e. The lowest BCUT2D eigenvalue weighted by Crippen LogP contribution is -2.47. The Kier molecular flexibility index (Phi) is 8.19. The van der Waals surface area contributed by atoms with E-state index in [4.69, 9.17) is 4.74 Å². The maximum Gasteiger partial charge on any atom is 0.225 e. The summed E-state index contributed by atoms with van der Waals surface area (Å²) in [6.07, 6.45) is 2.55. The third kappa shape index (κ3) is 5.87. The van der Waals surface area contributed by atoms with Crippen LogP contribution in [0.15, 0.2) is 15.9 Å². The monoisotopic (exact) mass is 396 g/mol. The molecule has 0 saturated carbocycles. The number of amides is 1. The van der Waals surface area contributed by atoms with Crippen LogP contribution in [-0.4, -0.2) is 39.3 Å². The standard InChI is InChI=1S/C14H21BrN2O2S.ClH/c1-19-10-14(4-6-16-7-5-14)9-17-13(18)8-11-2-3-12(15)20-11;/h2-3,16H,4-10H2,1H3,(H,17,18);1H. The van der Waals surface area contributed by atoms with E-state index in [-0.39, 0.29) is 23.7 Å². The fraction of sp³-hybridized carbons (Fsp3) is 0.643. The van der Waals surface area contributed by atoms with Gasteiger partial charge in [0.1, 0.15) is 0 Å². The highest BCUT2D eigenvalue weighted by atomic mass is 79.9. The zero-order valence-corrected chi connectivity index (χ0v) is 15.3. The van der Waals surface area contributed by atoms with Crippen LogP contribution >= 0.6 is 39.7 Å². The van der Waals surface area contributed by atoms with Crippen LogP contribution in [-0.2, 0) is 16.0 Å². The highest BCUT2D eigenvalue weighted by Crippen LogP contribution is 2.28. The Balaban J connectivity index is 0.00000220. The summed E-state index contributed by atoms with van der Waals surface area (Å²) >= 11 is 5.02. The molecular formula is C14H22BrClN2O2S. The summed E-state index contributed by atoms with van der Waals surface area (Å²) in [5, 5.41) is 6.44. The Hall–Kier alpha value is -0.140. The molecule has 120 valence electrons. The van der Waals surface area contributed by atoms with E-state index in [0.717, 1.165) is 34.6 Å². The third-order valence-electron chi connectivity index (χ3n) is 3.74. The van der Waals surface area contributed by atoms with Gasteiger partial charge in [-0.05, 0) is 54.0 Å². The van der Waals surface area contributed by atoms with Crippen LogP contribution in [0.5, 0.6) is 0 Å². The molecule has 1 saturated heterocycles. The second-order valence-corrected chi connectivity index (χ2v) is 7.89. The van der Waals surface area contributed by atoms with Crippen molar-refractivity contribution >= 4 is 45.6 Å². The minimum absolute atomic E-state index is 0. The number of methoxy groups -OCH3 is 1. The average Bonchev–Trinajstić information content (AvgIpc) is 2.83. The maximum atomic E-state index is 12.0. The molecule has 0 radical (unpaired) electrons. The van der Waals surface area contributed by atoms with Crippen molar-refractivity contribution < 1.29 is 9.53 Å². The van der Waals surface area contributed by atoms with E-state index in [1.54, 1.807) is 18.4 Å². The van der Waals surface area contributed by atoms with Crippen LogP contribution in [0.3, 0.4) is 0 Å². The molecule has 1 aromatic heterocycles. The average molecular weight is 398 g/mol. The molecule has 2 heterocycles. The maximum absolute atomic E-state index is 12.0. The van der Waals surface area contributed by atoms with E-state index >= 15 is 0 Å². The zero-order chi connectivity index (χ0) is 14.4. The lowest BCUT2D eigenvalue weighted by molar-refractivity contribution is -0.121. The fourth-order valence-corrected chi connectivity index (χ4v) is 4.07. The number of piperidine rings is 1. The highest BCUT2D eigenvalue weighted by Gasteiger charge is 2.32. The summed E-state index contributed by atoms with van der Waals surface area (Å²) in [6, 6.07) is 3.97. The normalized spacial score (nSPS) is 17.0. The number of hydrogen-bond acceptors (Lipinski definition) is 4. The number of thiophene rings is 1. The predicted molar refractivity (Wildman–Crippen MR) is 92.4 cm³/mol. The van der Waals surface area contributed by atoms with Gasteiger partial charge in [0.15, 0.2) is 0 Å². The first kappa shape index (κ1) is 18.9. The van der Waals surface area contributed by atoms with Crippen molar-refractivity contribution in [2.24, 2.45) is 5.41 Å². The van der Waals surface area contributed by atoms with Gasteiger partial charge in [0.2, 0.25) is 5.91 Å². The number of carbonyl (C=O) groups excluding carboxylic acids is 1. The minimum Gasteiger partial charge on any atom is -0.384 e. The van der Waals surface area contributed by atoms with E-state index in [9.17, 15) is 4.79 Å². The van der Waals surface area contributed by atoms with E-state index < -0.39 is 0 Å². The molecule has 2 N–H and O–H groups in total. The van der Waals surface area contributed by atoms with Gasteiger partial charge in [-0.3, -0.25) is 4.79 Å². The first-order valence-electron chi connectivity index (χ1n) is 6.84. The third-order valence-corrected chi connectivity index (χ3v) is 5.36. The summed E-state index contributed by atoms with van der Waals surface area (Å²) in [6.45, 7) is 3.40. The predicted octanol–water partition coefficient (Wildman–Crippen LogP) is 2.61. The van der Waals surface area contributed by atoms with Gasteiger partial charge >= 0.3 is 0 Å².